The standard InChI is InChI=1S/C28H31FN2O3/c1-22(32)31(27-15-9-8-14-26(27)29)34-21-25-16-17-30(18-23-10-4-2-5-11-23)19-28(25)33-20-24-12-6-3-7-13-24/h2-15,25,28H,16-21H2,1H3/t25-,28-/m0/s1. The Balaban J connectivity index is 1.43. The Kier molecular flexibility index (Phi) is 8.41. The van der Waals surface area contributed by atoms with Crippen LogP contribution in [-0.4, -0.2) is 36.6 Å². The third-order valence-corrected chi connectivity index (χ3v) is 6.11. The number of benzene rings is 3. The van der Waals surface area contributed by atoms with Crippen LogP contribution in [0.1, 0.15) is 24.5 Å². The molecule has 0 spiro atoms. The lowest BCUT2D eigenvalue weighted by Gasteiger charge is -2.39. The zero-order valence-corrected chi connectivity index (χ0v) is 19.5. The lowest BCUT2D eigenvalue weighted by atomic mass is 9.94. The van der Waals surface area contributed by atoms with Crippen molar-refractivity contribution in [2.24, 2.45) is 5.92 Å². The third-order valence-electron chi connectivity index (χ3n) is 6.11. The molecule has 3 aromatic rings. The van der Waals surface area contributed by atoms with Crippen LogP contribution in [0, 0.1) is 11.7 Å². The lowest BCUT2D eigenvalue weighted by Crippen LogP contribution is -2.47. The highest BCUT2D eigenvalue weighted by atomic mass is 19.1. The Bertz CT molecular complexity index is 1050. The van der Waals surface area contributed by atoms with Crippen LogP contribution >= 0.6 is 0 Å². The van der Waals surface area contributed by atoms with Crippen LogP contribution in [0.5, 0.6) is 0 Å². The molecule has 0 N–H and O–H groups in total. The second-order valence-corrected chi connectivity index (χ2v) is 8.67. The molecule has 6 heteroatoms. The summed E-state index contributed by atoms with van der Waals surface area (Å²) in [5.41, 5.74) is 2.50. The Morgan fingerprint density at radius 2 is 1.62 bits per heavy atom. The highest BCUT2D eigenvalue weighted by Gasteiger charge is 2.31. The molecule has 1 aliphatic rings. The fourth-order valence-corrected chi connectivity index (χ4v) is 4.29. The van der Waals surface area contributed by atoms with Gasteiger partial charge in [0, 0.05) is 25.9 Å². The average Bonchev–Trinajstić information content (AvgIpc) is 2.86. The number of rotatable bonds is 9. The summed E-state index contributed by atoms with van der Waals surface area (Å²) in [6.45, 7) is 4.66. The third kappa shape index (κ3) is 6.50. The number of hydrogen-bond donors (Lipinski definition) is 0. The first-order valence-corrected chi connectivity index (χ1v) is 11.7. The lowest BCUT2D eigenvalue weighted by molar-refractivity contribution is -0.127. The van der Waals surface area contributed by atoms with Crippen LogP contribution in [-0.2, 0) is 27.5 Å². The number of hydrogen-bond acceptors (Lipinski definition) is 4. The zero-order valence-electron chi connectivity index (χ0n) is 19.5. The molecule has 0 unspecified atom stereocenters. The molecule has 0 aromatic heterocycles. The summed E-state index contributed by atoms with van der Waals surface area (Å²) < 4.78 is 20.7. The van der Waals surface area contributed by atoms with Crippen molar-refractivity contribution >= 4 is 11.6 Å². The summed E-state index contributed by atoms with van der Waals surface area (Å²) in [5, 5.41) is 1.06. The van der Waals surface area contributed by atoms with Gasteiger partial charge in [-0.15, -0.1) is 0 Å². The molecular weight excluding hydrogens is 431 g/mol. The molecule has 1 aliphatic heterocycles. The molecule has 2 atom stereocenters. The average molecular weight is 463 g/mol. The van der Waals surface area contributed by atoms with E-state index in [1.165, 1.54) is 18.6 Å². The smallest absolute Gasteiger partial charge is 0.247 e. The van der Waals surface area contributed by atoms with Crippen molar-refractivity contribution in [1.29, 1.82) is 0 Å². The van der Waals surface area contributed by atoms with E-state index in [4.69, 9.17) is 9.57 Å². The molecule has 0 aliphatic carbocycles. The molecule has 1 saturated heterocycles. The first-order valence-electron chi connectivity index (χ1n) is 11.7. The number of nitrogens with zero attached hydrogens (tertiary/aromatic N) is 2. The normalized spacial score (nSPS) is 18.5. The summed E-state index contributed by atoms with van der Waals surface area (Å²) in [6.07, 6.45) is 0.780. The van der Waals surface area contributed by atoms with Gasteiger partial charge in [0.05, 0.1) is 19.3 Å². The molecule has 1 heterocycles. The second kappa shape index (κ2) is 11.9. The zero-order chi connectivity index (χ0) is 23.8. The first-order chi connectivity index (χ1) is 16.6. The van der Waals surface area contributed by atoms with Crippen molar-refractivity contribution in [2.45, 2.75) is 32.6 Å². The van der Waals surface area contributed by atoms with Crippen molar-refractivity contribution in [3.05, 3.63) is 102 Å². The van der Waals surface area contributed by atoms with E-state index in [-0.39, 0.29) is 30.2 Å². The van der Waals surface area contributed by atoms with Gasteiger partial charge in [0.15, 0.2) is 0 Å². The van der Waals surface area contributed by atoms with Crippen LogP contribution in [0.25, 0.3) is 0 Å². The fourth-order valence-electron chi connectivity index (χ4n) is 4.29. The van der Waals surface area contributed by atoms with Crippen LogP contribution < -0.4 is 5.06 Å². The summed E-state index contributed by atoms with van der Waals surface area (Å²) in [6, 6.07) is 26.6. The van der Waals surface area contributed by atoms with E-state index in [0.717, 1.165) is 36.7 Å². The van der Waals surface area contributed by atoms with Crippen LogP contribution in [0.3, 0.4) is 0 Å². The van der Waals surface area contributed by atoms with E-state index < -0.39 is 5.82 Å². The maximum atomic E-state index is 14.3. The van der Waals surface area contributed by atoms with Crippen LogP contribution in [0.2, 0.25) is 0 Å². The maximum absolute atomic E-state index is 14.3. The number of carbonyl (C=O) groups excluding carboxylic acids is 1. The van der Waals surface area contributed by atoms with Gasteiger partial charge in [-0.25, -0.2) is 4.39 Å². The monoisotopic (exact) mass is 462 g/mol. The second-order valence-electron chi connectivity index (χ2n) is 8.67. The van der Waals surface area contributed by atoms with Gasteiger partial charge in [0.1, 0.15) is 11.5 Å². The van der Waals surface area contributed by atoms with Crippen molar-refractivity contribution in [1.82, 2.24) is 4.90 Å². The first kappa shape index (κ1) is 24.1. The summed E-state index contributed by atoms with van der Waals surface area (Å²) in [7, 11) is 0. The Morgan fingerprint density at radius 3 is 2.29 bits per heavy atom. The summed E-state index contributed by atoms with van der Waals surface area (Å²) >= 11 is 0. The van der Waals surface area contributed by atoms with Gasteiger partial charge < -0.3 is 4.74 Å². The van der Waals surface area contributed by atoms with E-state index in [1.54, 1.807) is 18.2 Å². The number of halogens is 1. The SMILES string of the molecule is CC(=O)N(OC[C@@H]1CCN(Cc2ccccc2)C[C@@H]1OCc1ccccc1)c1ccccc1F. The molecule has 1 amide bonds. The summed E-state index contributed by atoms with van der Waals surface area (Å²) in [4.78, 5) is 20.5. The highest BCUT2D eigenvalue weighted by molar-refractivity contribution is 5.89. The number of para-hydroxylation sites is 1. The van der Waals surface area contributed by atoms with E-state index in [1.807, 2.05) is 36.4 Å². The van der Waals surface area contributed by atoms with E-state index in [0.29, 0.717) is 6.61 Å². The molecule has 4 rings (SSSR count). The van der Waals surface area contributed by atoms with Gasteiger partial charge in [0.2, 0.25) is 5.91 Å². The van der Waals surface area contributed by atoms with Gasteiger partial charge in [-0.1, -0.05) is 72.8 Å². The minimum absolute atomic E-state index is 0.0735. The molecule has 0 radical (unpaired) electrons. The minimum Gasteiger partial charge on any atom is -0.372 e. The van der Waals surface area contributed by atoms with Gasteiger partial charge in [-0.2, -0.15) is 5.06 Å². The van der Waals surface area contributed by atoms with Crippen molar-refractivity contribution in [3.63, 3.8) is 0 Å². The van der Waals surface area contributed by atoms with Crippen molar-refractivity contribution in [3.8, 4) is 0 Å². The topological polar surface area (TPSA) is 42.0 Å². The molecule has 0 saturated carbocycles. The predicted octanol–water partition coefficient (Wildman–Crippen LogP) is 5.22. The molecule has 34 heavy (non-hydrogen) atoms. The molecule has 5 nitrogen and oxygen atoms in total. The highest BCUT2D eigenvalue weighted by Crippen LogP contribution is 2.26. The number of piperidine rings is 1. The number of anilines is 1. The number of amides is 1. The number of ether oxygens (including phenoxy) is 1. The quantitative estimate of drug-likeness (QED) is 0.409. The number of likely N-dealkylation sites (tertiary alicyclic amines) is 1. The molecule has 178 valence electrons. The van der Waals surface area contributed by atoms with Crippen molar-refractivity contribution < 1.29 is 18.8 Å². The van der Waals surface area contributed by atoms with Gasteiger partial charge >= 0.3 is 0 Å². The van der Waals surface area contributed by atoms with E-state index in [2.05, 4.69) is 29.2 Å². The minimum atomic E-state index is -0.493. The molecule has 0 bridgehead atoms. The molecule has 3 aromatic carbocycles. The van der Waals surface area contributed by atoms with Crippen molar-refractivity contribution in [2.75, 3.05) is 24.8 Å². The van der Waals surface area contributed by atoms with Gasteiger partial charge in [0.25, 0.3) is 0 Å². The van der Waals surface area contributed by atoms with E-state index >= 15 is 0 Å². The Hall–Kier alpha value is -3.06. The van der Waals surface area contributed by atoms with Crippen LogP contribution in [0.15, 0.2) is 84.9 Å². The maximum Gasteiger partial charge on any atom is 0.247 e. The predicted molar refractivity (Wildman–Crippen MR) is 130 cm³/mol. The number of hydroxylamine groups is 1. The van der Waals surface area contributed by atoms with Gasteiger partial charge in [-0.05, 0) is 36.2 Å². The molecular formula is C28H31FN2O3. The van der Waals surface area contributed by atoms with Gasteiger partial charge in [-0.3, -0.25) is 14.5 Å². The Morgan fingerprint density at radius 1 is 0.971 bits per heavy atom. The molecule has 1 fully saturated rings. The Labute approximate surface area is 200 Å². The fraction of sp³-hybridized carbons (Fsp3) is 0.321. The van der Waals surface area contributed by atoms with Crippen LogP contribution in [0.4, 0.5) is 10.1 Å². The summed E-state index contributed by atoms with van der Waals surface area (Å²) in [5.74, 6) is -0.787. The number of carbonyl (C=O) groups is 1. The van der Waals surface area contributed by atoms with E-state index in [9.17, 15) is 9.18 Å². The largest absolute Gasteiger partial charge is 0.372 e.